The Kier molecular flexibility index (Phi) is 6.91. The van der Waals surface area contributed by atoms with Gasteiger partial charge in [-0.05, 0) is 38.1 Å². The molecule has 0 unspecified atom stereocenters. The minimum absolute atomic E-state index is 0.0261. The van der Waals surface area contributed by atoms with Crippen molar-refractivity contribution >= 4 is 33.3 Å². The summed E-state index contributed by atoms with van der Waals surface area (Å²) in [6.45, 7) is 4.27. The highest BCUT2D eigenvalue weighted by molar-refractivity contribution is 7.89. The molecule has 11 nitrogen and oxygen atoms in total. The van der Waals surface area contributed by atoms with E-state index in [2.05, 4.69) is 27.1 Å². The SMILES string of the molecule is CN1CCN(c2ccc(NC(=O)C3CCN(S(=O)(=O)c4cc(C(N)=O)n(C)c4)CC3)cn2)CC1. The molecule has 3 N–H and O–H groups in total. The second kappa shape index (κ2) is 9.72. The molecular formula is C22H31N7O4S. The first-order valence-electron chi connectivity index (χ1n) is 11.3. The largest absolute Gasteiger partial charge is 0.364 e. The number of nitrogens with zero attached hydrogens (tertiary/aromatic N) is 5. The monoisotopic (exact) mass is 489 g/mol. The van der Waals surface area contributed by atoms with Crippen LogP contribution in [0, 0.1) is 5.92 Å². The number of aryl methyl sites for hydroxylation is 1. The first-order chi connectivity index (χ1) is 16.1. The number of nitrogens with two attached hydrogens (primary N) is 1. The number of hydrogen-bond acceptors (Lipinski definition) is 7. The number of sulfonamides is 1. The number of rotatable bonds is 6. The number of hydrogen-bond donors (Lipinski definition) is 2. The summed E-state index contributed by atoms with van der Waals surface area (Å²) in [4.78, 5) is 33.2. The molecule has 0 saturated carbocycles. The van der Waals surface area contributed by atoms with E-state index in [4.69, 9.17) is 5.73 Å². The number of carbonyl (C=O) groups excluding carboxylic acids is 2. The van der Waals surface area contributed by atoms with E-state index in [1.165, 1.54) is 21.1 Å². The van der Waals surface area contributed by atoms with Gasteiger partial charge in [0.15, 0.2) is 0 Å². The molecule has 0 spiro atoms. The normalized spacial score (nSPS) is 18.7. The second-order valence-corrected chi connectivity index (χ2v) is 10.8. The van der Waals surface area contributed by atoms with Crippen LogP contribution in [0.3, 0.4) is 0 Å². The smallest absolute Gasteiger partial charge is 0.265 e. The summed E-state index contributed by atoms with van der Waals surface area (Å²) in [5.74, 6) is -0.224. The van der Waals surface area contributed by atoms with Gasteiger partial charge in [0.1, 0.15) is 16.4 Å². The van der Waals surface area contributed by atoms with Crippen molar-refractivity contribution in [3.05, 3.63) is 36.3 Å². The molecule has 2 aromatic rings. The highest BCUT2D eigenvalue weighted by atomic mass is 32.2. The number of primary amides is 1. The highest BCUT2D eigenvalue weighted by Gasteiger charge is 2.33. The minimum atomic E-state index is -3.77. The van der Waals surface area contributed by atoms with E-state index >= 15 is 0 Å². The Morgan fingerprint density at radius 1 is 1.06 bits per heavy atom. The van der Waals surface area contributed by atoms with Crippen molar-refractivity contribution < 1.29 is 18.0 Å². The number of pyridine rings is 1. The molecule has 2 aliphatic rings. The van der Waals surface area contributed by atoms with Gasteiger partial charge in [-0.2, -0.15) is 4.31 Å². The van der Waals surface area contributed by atoms with Gasteiger partial charge in [0.05, 0.1) is 11.9 Å². The van der Waals surface area contributed by atoms with Crippen LogP contribution in [-0.2, 0) is 21.9 Å². The van der Waals surface area contributed by atoms with Gasteiger partial charge in [-0.25, -0.2) is 13.4 Å². The number of nitrogens with one attached hydrogen (secondary N) is 1. The van der Waals surface area contributed by atoms with Gasteiger partial charge in [-0.1, -0.05) is 0 Å². The van der Waals surface area contributed by atoms with Crippen molar-refractivity contribution in [1.82, 2.24) is 18.8 Å². The average Bonchev–Trinajstić information content (AvgIpc) is 3.23. The molecule has 4 rings (SSSR count). The van der Waals surface area contributed by atoms with Crippen LogP contribution < -0.4 is 16.0 Å². The van der Waals surface area contributed by atoms with Crippen molar-refractivity contribution in [2.75, 3.05) is 56.5 Å². The van der Waals surface area contributed by atoms with E-state index < -0.39 is 15.9 Å². The maximum atomic E-state index is 13.0. The van der Waals surface area contributed by atoms with Crippen LogP contribution in [0.1, 0.15) is 23.3 Å². The molecule has 4 heterocycles. The fourth-order valence-corrected chi connectivity index (χ4v) is 5.90. The Morgan fingerprint density at radius 2 is 1.74 bits per heavy atom. The fraction of sp³-hybridized carbons (Fsp3) is 0.500. The Morgan fingerprint density at radius 3 is 2.29 bits per heavy atom. The van der Waals surface area contributed by atoms with Gasteiger partial charge < -0.3 is 25.4 Å². The highest BCUT2D eigenvalue weighted by Crippen LogP contribution is 2.26. The fourth-order valence-electron chi connectivity index (χ4n) is 4.35. The van der Waals surface area contributed by atoms with E-state index in [9.17, 15) is 18.0 Å². The summed E-state index contributed by atoms with van der Waals surface area (Å²) in [6.07, 6.45) is 3.87. The third-order valence-electron chi connectivity index (χ3n) is 6.54. The van der Waals surface area contributed by atoms with Gasteiger partial charge in [-0.3, -0.25) is 9.59 Å². The number of likely N-dealkylation sites (N-methyl/N-ethyl adjacent to an activating group) is 1. The molecule has 0 atom stereocenters. The number of aromatic nitrogens is 2. The minimum Gasteiger partial charge on any atom is -0.364 e. The van der Waals surface area contributed by atoms with Gasteiger partial charge in [-0.15, -0.1) is 0 Å². The Balaban J connectivity index is 1.32. The van der Waals surface area contributed by atoms with Crippen molar-refractivity contribution in [3.63, 3.8) is 0 Å². The lowest BCUT2D eigenvalue weighted by Gasteiger charge is -2.33. The first kappa shape index (κ1) is 24.2. The number of piperazine rings is 1. The predicted octanol–water partition coefficient (Wildman–Crippen LogP) is 0.310. The van der Waals surface area contributed by atoms with Gasteiger partial charge in [0.2, 0.25) is 15.9 Å². The van der Waals surface area contributed by atoms with Crippen LogP contribution in [0.4, 0.5) is 11.5 Å². The molecule has 2 amide bonds. The molecule has 184 valence electrons. The van der Waals surface area contributed by atoms with Crippen molar-refractivity contribution in [2.45, 2.75) is 17.7 Å². The summed E-state index contributed by atoms with van der Waals surface area (Å²) in [5, 5.41) is 2.91. The number of carbonyl (C=O) groups is 2. The second-order valence-electron chi connectivity index (χ2n) is 8.90. The zero-order valence-electron chi connectivity index (χ0n) is 19.5. The Labute approximate surface area is 199 Å². The van der Waals surface area contributed by atoms with E-state index in [1.807, 2.05) is 12.1 Å². The number of anilines is 2. The van der Waals surface area contributed by atoms with E-state index in [1.54, 1.807) is 13.2 Å². The van der Waals surface area contributed by atoms with Gasteiger partial charge in [0, 0.05) is 58.4 Å². The van der Waals surface area contributed by atoms with E-state index in [-0.39, 0.29) is 35.5 Å². The van der Waals surface area contributed by atoms with Crippen molar-refractivity contribution in [1.29, 1.82) is 0 Å². The quantitative estimate of drug-likeness (QED) is 0.596. The van der Waals surface area contributed by atoms with Gasteiger partial charge >= 0.3 is 0 Å². The van der Waals surface area contributed by atoms with Crippen LogP contribution >= 0.6 is 0 Å². The average molecular weight is 490 g/mol. The molecule has 2 fully saturated rings. The molecule has 0 bridgehead atoms. The summed E-state index contributed by atoms with van der Waals surface area (Å²) in [6, 6.07) is 5.05. The Hall–Kier alpha value is -2.96. The molecule has 2 aromatic heterocycles. The lowest BCUT2D eigenvalue weighted by molar-refractivity contribution is -0.120. The summed E-state index contributed by atoms with van der Waals surface area (Å²) in [7, 11) is -0.0953. The van der Waals surface area contributed by atoms with Crippen LogP contribution in [-0.4, -0.2) is 85.3 Å². The third kappa shape index (κ3) is 5.08. The third-order valence-corrected chi connectivity index (χ3v) is 8.40. The zero-order valence-corrected chi connectivity index (χ0v) is 20.3. The topological polar surface area (TPSA) is 134 Å². The zero-order chi connectivity index (χ0) is 24.5. The predicted molar refractivity (Wildman–Crippen MR) is 128 cm³/mol. The standard InChI is InChI=1S/C22H31N7O4S/c1-26-9-11-28(12-10-26)20-4-3-17(14-24-20)25-22(31)16-5-7-29(8-6-16)34(32,33)18-13-19(21(23)30)27(2)15-18/h3-4,13-16H,5-12H2,1-2H3,(H2,23,30)(H,25,31). The van der Waals surface area contributed by atoms with E-state index in [0.29, 0.717) is 18.5 Å². The van der Waals surface area contributed by atoms with Crippen LogP contribution in [0.5, 0.6) is 0 Å². The summed E-state index contributed by atoms with van der Waals surface area (Å²) >= 11 is 0. The molecule has 34 heavy (non-hydrogen) atoms. The van der Waals surface area contributed by atoms with E-state index in [0.717, 1.165) is 32.0 Å². The molecule has 0 radical (unpaired) electrons. The molecule has 0 aromatic carbocycles. The van der Waals surface area contributed by atoms with Crippen molar-refractivity contribution in [2.24, 2.45) is 18.7 Å². The lowest BCUT2D eigenvalue weighted by Crippen LogP contribution is -2.44. The van der Waals surface area contributed by atoms with Crippen LogP contribution in [0.2, 0.25) is 0 Å². The van der Waals surface area contributed by atoms with Crippen LogP contribution in [0.25, 0.3) is 0 Å². The molecule has 12 heteroatoms. The number of piperidine rings is 1. The summed E-state index contributed by atoms with van der Waals surface area (Å²) < 4.78 is 28.7. The molecule has 2 saturated heterocycles. The Bertz CT molecular complexity index is 1150. The number of amides is 2. The first-order valence-corrected chi connectivity index (χ1v) is 12.8. The van der Waals surface area contributed by atoms with Crippen LogP contribution in [0.15, 0.2) is 35.5 Å². The maximum Gasteiger partial charge on any atom is 0.265 e. The molecule has 0 aliphatic carbocycles. The molecular weight excluding hydrogens is 458 g/mol. The molecule has 2 aliphatic heterocycles. The maximum absolute atomic E-state index is 13.0. The summed E-state index contributed by atoms with van der Waals surface area (Å²) in [5.41, 5.74) is 6.05. The lowest BCUT2D eigenvalue weighted by atomic mass is 9.97. The van der Waals surface area contributed by atoms with Crippen molar-refractivity contribution in [3.8, 4) is 0 Å². The van der Waals surface area contributed by atoms with Gasteiger partial charge in [0.25, 0.3) is 5.91 Å².